The lowest BCUT2D eigenvalue weighted by Gasteiger charge is -2.25. The Hall–Kier alpha value is -1.12. The predicted octanol–water partition coefficient (Wildman–Crippen LogP) is 2.66. The van der Waals surface area contributed by atoms with E-state index in [0.717, 1.165) is 17.4 Å². The molecule has 1 heterocycles. The van der Waals surface area contributed by atoms with E-state index >= 15 is 0 Å². The lowest BCUT2D eigenvalue weighted by atomic mass is 9.82. The molecule has 1 aliphatic rings. The van der Waals surface area contributed by atoms with Gasteiger partial charge in [-0.25, -0.2) is 9.97 Å². The van der Waals surface area contributed by atoms with Gasteiger partial charge >= 0.3 is 0 Å². The van der Waals surface area contributed by atoms with Crippen molar-refractivity contribution in [1.82, 2.24) is 9.97 Å². The van der Waals surface area contributed by atoms with Gasteiger partial charge in [-0.15, -0.1) is 0 Å². The van der Waals surface area contributed by atoms with Gasteiger partial charge < -0.3 is 5.73 Å². The van der Waals surface area contributed by atoms with Crippen LogP contribution in [0.5, 0.6) is 0 Å². The fourth-order valence-electron chi connectivity index (χ4n) is 2.47. The van der Waals surface area contributed by atoms with E-state index in [1.165, 1.54) is 25.7 Å². The highest BCUT2D eigenvalue weighted by Crippen LogP contribution is 2.34. The summed E-state index contributed by atoms with van der Waals surface area (Å²) >= 11 is 0. The van der Waals surface area contributed by atoms with Crippen molar-refractivity contribution in [2.45, 2.75) is 45.4 Å². The number of nitrogens with zero attached hydrogens (tertiary/aromatic N) is 2. The number of hydrogen-bond donors (Lipinski definition) is 1. The van der Waals surface area contributed by atoms with Crippen LogP contribution in [0.1, 0.15) is 50.0 Å². The van der Waals surface area contributed by atoms with Gasteiger partial charge in [0, 0.05) is 17.7 Å². The lowest BCUT2D eigenvalue weighted by Crippen LogP contribution is -2.15. The van der Waals surface area contributed by atoms with Crippen molar-refractivity contribution in [3.63, 3.8) is 0 Å². The van der Waals surface area contributed by atoms with E-state index in [1.807, 2.05) is 13.0 Å². The van der Waals surface area contributed by atoms with Gasteiger partial charge in [-0.1, -0.05) is 19.8 Å². The third kappa shape index (κ3) is 2.46. The number of nitrogen functional groups attached to an aromatic ring is 1. The van der Waals surface area contributed by atoms with Crippen molar-refractivity contribution in [1.29, 1.82) is 0 Å². The van der Waals surface area contributed by atoms with E-state index < -0.39 is 0 Å². The Morgan fingerprint density at radius 3 is 2.80 bits per heavy atom. The van der Waals surface area contributed by atoms with E-state index in [0.29, 0.717) is 11.7 Å². The van der Waals surface area contributed by atoms with Crippen LogP contribution in [-0.2, 0) is 0 Å². The fraction of sp³-hybridized carbons (Fsp3) is 0.667. The molecular weight excluding hydrogens is 186 g/mol. The minimum atomic E-state index is 0.524. The number of nitrogens with two attached hydrogens (primary N) is 1. The van der Waals surface area contributed by atoms with Crippen LogP contribution >= 0.6 is 0 Å². The normalized spacial score (nSPS) is 26.5. The van der Waals surface area contributed by atoms with E-state index in [4.69, 9.17) is 5.73 Å². The van der Waals surface area contributed by atoms with Crippen LogP contribution in [0.15, 0.2) is 6.07 Å². The molecule has 82 valence electrons. The summed E-state index contributed by atoms with van der Waals surface area (Å²) in [6.07, 6.45) is 5.07. The predicted molar refractivity (Wildman–Crippen MR) is 61.6 cm³/mol. The monoisotopic (exact) mass is 205 g/mol. The molecule has 2 unspecified atom stereocenters. The Labute approximate surface area is 91.1 Å². The molecule has 2 N–H and O–H groups in total. The third-order valence-corrected chi connectivity index (χ3v) is 3.19. The third-order valence-electron chi connectivity index (χ3n) is 3.19. The van der Waals surface area contributed by atoms with Crippen LogP contribution in [0.25, 0.3) is 0 Å². The van der Waals surface area contributed by atoms with Gasteiger partial charge in [0.15, 0.2) is 0 Å². The molecule has 1 saturated carbocycles. The smallest absolute Gasteiger partial charge is 0.134 e. The largest absolute Gasteiger partial charge is 0.384 e. The summed E-state index contributed by atoms with van der Waals surface area (Å²) in [7, 11) is 0. The molecule has 0 aromatic carbocycles. The Morgan fingerprint density at radius 2 is 2.13 bits per heavy atom. The zero-order chi connectivity index (χ0) is 10.8. The number of aryl methyl sites for hydroxylation is 1. The Morgan fingerprint density at radius 1 is 1.33 bits per heavy atom. The minimum absolute atomic E-state index is 0.524. The second-order valence-electron chi connectivity index (χ2n) is 4.76. The fourth-order valence-corrected chi connectivity index (χ4v) is 2.47. The van der Waals surface area contributed by atoms with E-state index in [9.17, 15) is 0 Å². The summed E-state index contributed by atoms with van der Waals surface area (Å²) in [6, 6.07) is 1.83. The second kappa shape index (κ2) is 4.17. The van der Waals surface area contributed by atoms with Crippen molar-refractivity contribution in [3.05, 3.63) is 17.6 Å². The summed E-state index contributed by atoms with van der Waals surface area (Å²) in [5.41, 5.74) is 6.73. The molecule has 1 aromatic rings. The summed E-state index contributed by atoms with van der Waals surface area (Å²) in [5, 5.41) is 0. The summed E-state index contributed by atoms with van der Waals surface area (Å²) < 4.78 is 0. The first kappa shape index (κ1) is 10.4. The number of anilines is 1. The van der Waals surface area contributed by atoms with Gasteiger partial charge in [-0.2, -0.15) is 0 Å². The summed E-state index contributed by atoms with van der Waals surface area (Å²) in [5.74, 6) is 2.89. The molecule has 3 nitrogen and oxygen atoms in total. The standard InChI is InChI=1S/C12H19N3/c1-8-4-3-5-10(6-8)12-14-9(2)7-11(13)15-12/h7-8,10H,3-6H2,1-2H3,(H2,13,14,15). The van der Waals surface area contributed by atoms with Crippen molar-refractivity contribution >= 4 is 5.82 Å². The lowest BCUT2D eigenvalue weighted by molar-refractivity contribution is 0.335. The Balaban J connectivity index is 2.20. The molecule has 2 rings (SSSR count). The average Bonchev–Trinajstić information content (AvgIpc) is 2.16. The van der Waals surface area contributed by atoms with Gasteiger partial charge in [0.1, 0.15) is 11.6 Å². The highest BCUT2D eigenvalue weighted by atomic mass is 14.9. The quantitative estimate of drug-likeness (QED) is 0.766. The molecule has 3 heteroatoms. The number of hydrogen-bond acceptors (Lipinski definition) is 3. The number of aromatic nitrogens is 2. The first-order chi connectivity index (χ1) is 7.15. The minimum Gasteiger partial charge on any atom is -0.384 e. The second-order valence-corrected chi connectivity index (χ2v) is 4.76. The Kier molecular flexibility index (Phi) is 2.89. The van der Waals surface area contributed by atoms with Crippen LogP contribution < -0.4 is 5.73 Å². The molecule has 2 atom stereocenters. The SMILES string of the molecule is Cc1cc(N)nc(C2CCCC(C)C2)n1. The maximum absolute atomic E-state index is 5.75. The van der Waals surface area contributed by atoms with Crippen LogP contribution in [0, 0.1) is 12.8 Å². The number of rotatable bonds is 1. The molecular formula is C12H19N3. The molecule has 0 radical (unpaired) electrons. The van der Waals surface area contributed by atoms with Crippen LogP contribution in [0.3, 0.4) is 0 Å². The molecule has 1 aromatic heterocycles. The molecule has 1 fully saturated rings. The zero-order valence-corrected chi connectivity index (χ0v) is 9.53. The first-order valence-corrected chi connectivity index (χ1v) is 5.76. The molecule has 0 amide bonds. The molecule has 15 heavy (non-hydrogen) atoms. The molecule has 0 spiro atoms. The van der Waals surface area contributed by atoms with Gasteiger partial charge in [0.25, 0.3) is 0 Å². The molecule has 0 saturated heterocycles. The van der Waals surface area contributed by atoms with Crippen LogP contribution in [0.4, 0.5) is 5.82 Å². The topological polar surface area (TPSA) is 51.8 Å². The Bertz CT molecular complexity index is 328. The highest BCUT2D eigenvalue weighted by Gasteiger charge is 2.22. The molecule has 1 aliphatic carbocycles. The summed E-state index contributed by atoms with van der Waals surface area (Å²) in [4.78, 5) is 8.86. The van der Waals surface area contributed by atoms with Crippen molar-refractivity contribution in [2.24, 2.45) is 5.92 Å². The summed E-state index contributed by atoms with van der Waals surface area (Å²) in [6.45, 7) is 4.29. The van der Waals surface area contributed by atoms with Gasteiger partial charge in [-0.3, -0.25) is 0 Å². The highest BCUT2D eigenvalue weighted by molar-refractivity contribution is 5.30. The van der Waals surface area contributed by atoms with E-state index in [1.54, 1.807) is 0 Å². The van der Waals surface area contributed by atoms with Crippen molar-refractivity contribution in [2.75, 3.05) is 5.73 Å². The zero-order valence-electron chi connectivity index (χ0n) is 9.53. The van der Waals surface area contributed by atoms with Gasteiger partial charge in [0.2, 0.25) is 0 Å². The van der Waals surface area contributed by atoms with E-state index in [-0.39, 0.29) is 0 Å². The van der Waals surface area contributed by atoms with Crippen LogP contribution in [-0.4, -0.2) is 9.97 Å². The molecule has 0 aliphatic heterocycles. The van der Waals surface area contributed by atoms with Gasteiger partial charge in [-0.05, 0) is 25.7 Å². The van der Waals surface area contributed by atoms with Crippen molar-refractivity contribution < 1.29 is 0 Å². The first-order valence-electron chi connectivity index (χ1n) is 5.76. The maximum Gasteiger partial charge on any atom is 0.134 e. The van der Waals surface area contributed by atoms with Crippen LogP contribution in [0.2, 0.25) is 0 Å². The maximum atomic E-state index is 5.75. The van der Waals surface area contributed by atoms with Gasteiger partial charge in [0.05, 0.1) is 0 Å². The molecule has 0 bridgehead atoms. The average molecular weight is 205 g/mol. The van der Waals surface area contributed by atoms with E-state index in [2.05, 4.69) is 16.9 Å². The van der Waals surface area contributed by atoms with Crippen molar-refractivity contribution in [3.8, 4) is 0 Å².